The van der Waals surface area contributed by atoms with E-state index >= 15 is 0 Å². The first-order valence-electron chi connectivity index (χ1n) is 7.14. The van der Waals surface area contributed by atoms with E-state index in [1.54, 1.807) is 13.2 Å². The summed E-state index contributed by atoms with van der Waals surface area (Å²) >= 11 is 0. The van der Waals surface area contributed by atoms with Crippen LogP contribution in [0.3, 0.4) is 0 Å². The number of hydrogen-bond acceptors (Lipinski definition) is 4. The molecule has 3 rings (SSSR count). The van der Waals surface area contributed by atoms with Gasteiger partial charge in [-0.25, -0.2) is 9.38 Å². The van der Waals surface area contributed by atoms with Crippen molar-refractivity contribution >= 4 is 19.3 Å². The molecule has 2 aromatic rings. The molecule has 0 saturated carbocycles. The first kappa shape index (κ1) is 15.4. The lowest BCUT2D eigenvalue weighted by molar-refractivity contribution is 0.278. The average molecular weight is 310 g/mol. The molecule has 2 N–H and O–H groups in total. The fraction of sp³-hybridized carbons (Fsp3) is 0.235. The van der Waals surface area contributed by atoms with Gasteiger partial charge in [0.15, 0.2) is 5.54 Å². The van der Waals surface area contributed by atoms with Crippen LogP contribution < -0.4 is 15.9 Å². The minimum absolute atomic E-state index is 0.0707. The highest BCUT2D eigenvalue weighted by Crippen LogP contribution is 2.38. The summed E-state index contributed by atoms with van der Waals surface area (Å²) in [6.45, 7) is 2.12. The third-order valence-corrected chi connectivity index (χ3v) is 4.00. The maximum absolute atomic E-state index is 13.8. The molecular formula is C17H16BFN2O2. The summed E-state index contributed by atoms with van der Waals surface area (Å²) < 4.78 is 24.5. The lowest BCUT2D eigenvalue weighted by atomic mass is 9.81. The fourth-order valence-electron chi connectivity index (χ4n) is 2.88. The van der Waals surface area contributed by atoms with Crippen LogP contribution in [0.4, 0.5) is 4.39 Å². The molecule has 1 unspecified atom stereocenters. The van der Waals surface area contributed by atoms with Crippen molar-refractivity contribution < 1.29 is 13.9 Å². The van der Waals surface area contributed by atoms with Crippen LogP contribution in [0.15, 0.2) is 41.4 Å². The third-order valence-electron chi connectivity index (χ3n) is 4.00. The first-order chi connectivity index (χ1) is 10.9. The van der Waals surface area contributed by atoms with Crippen molar-refractivity contribution in [2.24, 2.45) is 10.7 Å². The van der Waals surface area contributed by atoms with Crippen molar-refractivity contribution in [3.63, 3.8) is 0 Å². The molecule has 0 amide bonds. The van der Waals surface area contributed by atoms with E-state index < -0.39 is 11.4 Å². The summed E-state index contributed by atoms with van der Waals surface area (Å²) in [6, 6.07) is 10.1. The average Bonchev–Trinajstić information content (AvgIpc) is 2.89. The second-order valence-electron chi connectivity index (χ2n) is 5.56. The number of aliphatic imine (C=N–C) groups is 1. The molecule has 0 aromatic heterocycles. The summed E-state index contributed by atoms with van der Waals surface area (Å²) in [5, 5.41) is 0. The molecule has 116 valence electrons. The summed E-state index contributed by atoms with van der Waals surface area (Å²) in [6.07, 6.45) is 0. The molecule has 0 aliphatic carbocycles. The zero-order chi connectivity index (χ0) is 16.6. The summed E-state index contributed by atoms with van der Waals surface area (Å²) in [5.74, 6) is 0.337. The van der Waals surface area contributed by atoms with E-state index in [4.69, 9.17) is 23.1 Å². The van der Waals surface area contributed by atoms with Gasteiger partial charge in [0.05, 0.1) is 7.11 Å². The van der Waals surface area contributed by atoms with Gasteiger partial charge in [-0.15, -0.1) is 0 Å². The maximum Gasteiger partial charge on any atom is 0.283 e. The van der Waals surface area contributed by atoms with Crippen molar-refractivity contribution in [2.45, 2.75) is 12.5 Å². The van der Waals surface area contributed by atoms with Crippen LogP contribution in [0.25, 0.3) is 0 Å². The quantitative estimate of drug-likeness (QED) is 0.875. The molecule has 23 heavy (non-hydrogen) atoms. The molecule has 4 nitrogen and oxygen atoms in total. The van der Waals surface area contributed by atoms with Gasteiger partial charge in [-0.2, -0.15) is 0 Å². The Hall–Kier alpha value is -2.50. The number of methoxy groups -OCH3 is 1. The predicted molar refractivity (Wildman–Crippen MR) is 87.9 cm³/mol. The Labute approximate surface area is 135 Å². The molecule has 0 spiro atoms. The third kappa shape index (κ3) is 2.65. The molecule has 0 fully saturated rings. The number of ether oxygens (including phenoxy) is 2. The van der Waals surface area contributed by atoms with E-state index in [0.29, 0.717) is 11.0 Å². The van der Waals surface area contributed by atoms with Gasteiger partial charge >= 0.3 is 0 Å². The Kier molecular flexibility index (Phi) is 3.76. The van der Waals surface area contributed by atoms with Gasteiger partial charge in [0.1, 0.15) is 26.0 Å². The minimum Gasteiger partial charge on any atom is -0.496 e. The Bertz CT molecular complexity index is 774. The van der Waals surface area contributed by atoms with E-state index in [1.165, 1.54) is 12.1 Å². The van der Waals surface area contributed by atoms with E-state index in [1.807, 2.05) is 25.1 Å². The highest BCUT2D eigenvalue weighted by molar-refractivity contribution is 6.32. The highest BCUT2D eigenvalue weighted by atomic mass is 19.1. The van der Waals surface area contributed by atoms with Crippen molar-refractivity contribution in [1.29, 1.82) is 0 Å². The Morgan fingerprint density at radius 1 is 1.26 bits per heavy atom. The Morgan fingerprint density at radius 3 is 2.61 bits per heavy atom. The van der Waals surface area contributed by atoms with Crippen molar-refractivity contribution in [1.82, 2.24) is 0 Å². The van der Waals surface area contributed by atoms with E-state index in [2.05, 4.69) is 4.99 Å². The van der Waals surface area contributed by atoms with Gasteiger partial charge in [-0.3, -0.25) is 0 Å². The molecule has 1 heterocycles. The van der Waals surface area contributed by atoms with Crippen molar-refractivity contribution in [3.8, 4) is 5.75 Å². The van der Waals surface area contributed by atoms with Crippen LogP contribution in [-0.4, -0.2) is 27.6 Å². The Morgan fingerprint density at radius 2 is 2.04 bits per heavy atom. The monoisotopic (exact) mass is 310 g/mol. The van der Waals surface area contributed by atoms with Gasteiger partial charge < -0.3 is 15.2 Å². The standard InChI is InChI=1S/C17H16BFN2O2/c1-10-5-11(3-4-15(10)22-2)17(9-23-16(20)21-17)12-6-13(18)8-14(19)7-12/h3-8H,9H2,1-2H3,(H2,20,21). The number of benzene rings is 2. The molecule has 0 bridgehead atoms. The topological polar surface area (TPSA) is 56.8 Å². The molecule has 1 aliphatic heterocycles. The van der Waals surface area contributed by atoms with Crippen LogP contribution in [-0.2, 0) is 10.3 Å². The SMILES string of the molecule is [B]c1cc(F)cc(C2(c3ccc(OC)c(C)c3)COC(N)=N2)c1. The van der Waals surface area contributed by atoms with Crippen molar-refractivity contribution in [2.75, 3.05) is 13.7 Å². The van der Waals surface area contributed by atoms with Crippen LogP contribution in [0.1, 0.15) is 16.7 Å². The number of aryl methyl sites for hydroxylation is 1. The van der Waals surface area contributed by atoms with E-state index in [0.717, 1.165) is 16.9 Å². The minimum atomic E-state index is -0.919. The lowest BCUT2D eigenvalue weighted by Gasteiger charge is -2.26. The molecule has 2 radical (unpaired) electrons. The van der Waals surface area contributed by atoms with Crippen LogP contribution >= 0.6 is 0 Å². The highest BCUT2D eigenvalue weighted by Gasteiger charge is 2.40. The fourth-order valence-corrected chi connectivity index (χ4v) is 2.88. The van der Waals surface area contributed by atoms with E-state index in [9.17, 15) is 4.39 Å². The second kappa shape index (κ2) is 5.61. The Balaban J connectivity index is 2.20. The van der Waals surface area contributed by atoms with E-state index in [-0.39, 0.29) is 12.6 Å². The van der Waals surface area contributed by atoms with Crippen LogP contribution in [0.5, 0.6) is 5.75 Å². The molecule has 1 aliphatic rings. The second-order valence-corrected chi connectivity index (χ2v) is 5.56. The number of hydrogen-bond donors (Lipinski definition) is 1. The number of nitrogens with two attached hydrogens (primary N) is 1. The largest absolute Gasteiger partial charge is 0.496 e. The van der Waals surface area contributed by atoms with Crippen LogP contribution in [0, 0.1) is 12.7 Å². The zero-order valence-electron chi connectivity index (χ0n) is 13.0. The van der Waals surface area contributed by atoms with Crippen molar-refractivity contribution in [3.05, 3.63) is 58.9 Å². The maximum atomic E-state index is 13.8. The lowest BCUT2D eigenvalue weighted by Crippen LogP contribution is -2.29. The van der Waals surface area contributed by atoms with Gasteiger partial charge in [0, 0.05) is 0 Å². The molecule has 2 aromatic carbocycles. The first-order valence-corrected chi connectivity index (χ1v) is 7.14. The number of nitrogens with zero attached hydrogens (tertiary/aromatic N) is 1. The predicted octanol–water partition coefficient (Wildman–Crippen LogP) is 1.53. The summed E-state index contributed by atoms with van der Waals surface area (Å²) in [5.41, 5.74) is 7.51. The normalized spacial score (nSPS) is 20.0. The van der Waals surface area contributed by atoms with Gasteiger partial charge in [-0.1, -0.05) is 17.6 Å². The molecule has 0 saturated heterocycles. The number of halogens is 1. The van der Waals surface area contributed by atoms with Gasteiger partial charge in [-0.05, 0) is 47.9 Å². The number of rotatable bonds is 3. The summed E-state index contributed by atoms with van der Waals surface area (Å²) in [7, 11) is 7.40. The summed E-state index contributed by atoms with van der Waals surface area (Å²) in [4.78, 5) is 4.45. The van der Waals surface area contributed by atoms with Gasteiger partial charge in [0.2, 0.25) is 0 Å². The van der Waals surface area contributed by atoms with Crippen LogP contribution in [0.2, 0.25) is 0 Å². The van der Waals surface area contributed by atoms with Gasteiger partial charge in [0.25, 0.3) is 6.02 Å². The zero-order valence-corrected chi connectivity index (χ0v) is 13.0. The molecular weight excluding hydrogens is 294 g/mol. The molecule has 6 heteroatoms. The smallest absolute Gasteiger partial charge is 0.283 e. The number of amidine groups is 1. The molecule has 1 atom stereocenters.